The van der Waals surface area contributed by atoms with Gasteiger partial charge in [0.05, 0.1) is 11.0 Å². The summed E-state index contributed by atoms with van der Waals surface area (Å²) >= 11 is 0. The molecule has 0 radical (unpaired) electrons. The zero-order chi connectivity index (χ0) is 35.7. The third kappa shape index (κ3) is 6.20. The number of pyridine rings is 2. The van der Waals surface area contributed by atoms with Crippen molar-refractivity contribution in [3.05, 3.63) is 151 Å². The van der Waals surface area contributed by atoms with E-state index in [1.165, 1.54) is 12.3 Å². The van der Waals surface area contributed by atoms with E-state index in [1.54, 1.807) is 55.0 Å². The van der Waals surface area contributed by atoms with Crippen molar-refractivity contribution in [2.45, 2.75) is 13.8 Å². The highest BCUT2D eigenvalue weighted by Crippen LogP contribution is 2.38. The van der Waals surface area contributed by atoms with Gasteiger partial charge in [-0.25, -0.2) is 19.9 Å². The molecule has 0 aliphatic rings. The van der Waals surface area contributed by atoms with E-state index in [2.05, 4.69) is 19.9 Å². The van der Waals surface area contributed by atoms with E-state index in [4.69, 9.17) is 23.1 Å². The van der Waals surface area contributed by atoms with E-state index in [0.717, 1.165) is 27.4 Å². The lowest BCUT2D eigenvalue weighted by Crippen LogP contribution is -2.00. The molecule has 9 heteroatoms. The molecule has 4 aromatic carbocycles. The summed E-state index contributed by atoms with van der Waals surface area (Å²) in [4.78, 5) is 17.6. The zero-order valence-corrected chi connectivity index (χ0v) is 26.1. The fourth-order valence-corrected chi connectivity index (χ4v) is 5.48. The lowest BCUT2D eigenvalue weighted by atomic mass is 10.1. The average Bonchev–Trinajstić information content (AvgIpc) is 3.46. The third-order valence-corrected chi connectivity index (χ3v) is 7.71. The van der Waals surface area contributed by atoms with Gasteiger partial charge in [0.2, 0.25) is 17.7 Å². The number of rotatable bonds is 9. The number of benzene rings is 4. The highest BCUT2D eigenvalue weighted by atomic mass is 16.5. The number of hydrogen-bond donors (Lipinski definition) is 0. The maximum atomic E-state index is 7.83. The van der Waals surface area contributed by atoms with Gasteiger partial charge in [0.15, 0.2) is 0 Å². The summed E-state index contributed by atoms with van der Waals surface area (Å²) in [6, 6.07) is 34.7. The van der Waals surface area contributed by atoms with Crippen molar-refractivity contribution in [3.63, 3.8) is 0 Å². The smallest absolute Gasteiger partial charge is 0.234 e. The summed E-state index contributed by atoms with van der Waals surface area (Å²) in [5.74, 6) is 4.27. The Hall–Kier alpha value is -6.74. The third-order valence-electron chi connectivity index (χ3n) is 7.71. The topological polar surface area (TPSA) is 93.4 Å². The molecular weight excluding hydrogens is 614 g/mol. The molecule has 0 atom stereocenters. The van der Waals surface area contributed by atoms with Crippen molar-refractivity contribution >= 4 is 21.8 Å². The summed E-state index contributed by atoms with van der Waals surface area (Å²) in [6.07, 6.45) is 6.57. The van der Waals surface area contributed by atoms with E-state index < -0.39 is 6.85 Å². The Labute approximate surface area is 286 Å². The SMILES string of the molecule is [2H]C([2H])([2H])c1cccnc1Oc1cccc(Oc2ccc3c4ccc(Oc5cccc(Oc6ncccc6C)c5)cc4n(-c4ncccn4)c3c2)c1. The van der Waals surface area contributed by atoms with Gasteiger partial charge in [-0.15, -0.1) is 0 Å². The monoisotopic (exact) mass is 646 g/mol. The Morgan fingerprint density at radius 3 is 1.47 bits per heavy atom. The fourth-order valence-electron chi connectivity index (χ4n) is 5.48. The first-order valence-corrected chi connectivity index (χ1v) is 15.4. The van der Waals surface area contributed by atoms with Crippen LogP contribution in [0.5, 0.6) is 46.3 Å². The van der Waals surface area contributed by atoms with Gasteiger partial charge in [0.1, 0.15) is 34.5 Å². The minimum Gasteiger partial charge on any atom is -0.457 e. The van der Waals surface area contributed by atoms with Crippen LogP contribution in [-0.4, -0.2) is 24.5 Å². The van der Waals surface area contributed by atoms with Crippen LogP contribution in [-0.2, 0) is 0 Å². The largest absolute Gasteiger partial charge is 0.457 e. The van der Waals surface area contributed by atoms with Crippen LogP contribution in [0.15, 0.2) is 140 Å². The summed E-state index contributed by atoms with van der Waals surface area (Å²) in [6.45, 7) is -0.429. The van der Waals surface area contributed by atoms with E-state index >= 15 is 0 Å². The molecule has 4 aromatic heterocycles. The Kier molecular flexibility index (Phi) is 6.89. The number of hydrogen-bond acceptors (Lipinski definition) is 8. The van der Waals surface area contributed by atoms with Crippen LogP contribution < -0.4 is 18.9 Å². The molecule has 0 spiro atoms. The van der Waals surface area contributed by atoms with Gasteiger partial charge in [-0.05, 0) is 80.5 Å². The predicted molar refractivity (Wildman–Crippen MR) is 187 cm³/mol. The summed E-state index contributed by atoms with van der Waals surface area (Å²) in [7, 11) is 0. The van der Waals surface area contributed by atoms with Crippen molar-refractivity contribution in [2.24, 2.45) is 0 Å². The summed E-state index contributed by atoms with van der Waals surface area (Å²) in [5.41, 5.74) is 2.61. The first kappa shape index (κ1) is 26.3. The van der Waals surface area contributed by atoms with Crippen molar-refractivity contribution in [3.8, 4) is 52.2 Å². The van der Waals surface area contributed by atoms with Crippen molar-refractivity contribution in [2.75, 3.05) is 0 Å². The summed E-state index contributed by atoms with van der Waals surface area (Å²) < 4.78 is 50.0. The van der Waals surface area contributed by atoms with Crippen LogP contribution in [0.4, 0.5) is 0 Å². The summed E-state index contributed by atoms with van der Waals surface area (Å²) in [5, 5.41) is 1.94. The average molecular weight is 647 g/mol. The van der Waals surface area contributed by atoms with E-state index in [9.17, 15) is 0 Å². The minimum atomic E-state index is -2.37. The second kappa shape index (κ2) is 12.8. The number of fused-ring (bicyclic) bond motifs is 3. The molecule has 8 aromatic rings. The molecular formula is C40H29N5O4. The Morgan fingerprint density at radius 1 is 0.469 bits per heavy atom. The van der Waals surface area contributed by atoms with Gasteiger partial charge in [-0.3, -0.25) is 4.57 Å². The van der Waals surface area contributed by atoms with E-state index in [-0.39, 0.29) is 11.4 Å². The second-order valence-corrected chi connectivity index (χ2v) is 11.1. The fraction of sp³-hybridized carbons (Fsp3) is 0.0500. The standard InChI is InChI=1S/C40H29N5O4/c1-26-8-5-18-41-38(26)48-30-12-3-10-28(22-30)46-32-14-16-34-35-17-15-33(25-37(35)45(36(34)24-32)40-43-20-7-21-44-40)47-29-11-4-13-31(23-29)49-39-27(2)9-6-19-42-39/h3-25H,1-2H3/i1D3. The second-order valence-electron chi connectivity index (χ2n) is 11.1. The van der Waals surface area contributed by atoms with Crippen LogP contribution >= 0.6 is 0 Å². The molecule has 0 saturated heterocycles. The molecule has 49 heavy (non-hydrogen) atoms. The van der Waals surface area contributed by atoms with Crippen LogP contribution in [0.2, 0.25) is 0 Å². The van der Waals surface area contributed by atoms with E-state index in [0.29, 0.717) is 46.3 Å². The first-order valence-electron chi connectivity index (χ1n) is 16.9. The Balaban J connectivity index is 1.11. The first-order chi connectivity index (χ1) is 25.3. The Bertz CT molecular complexity index is 2560. The lowest BCUT2D eigenvalue weighted by Gasteiger charge is -2.11. The van der Waals surface area contributed by atoms with Crippen LogP contribution in [0, 0.1) is 13.8 Å². The molecule has 0 saturated carbocycles. The Morgan fingerprint density at radius 2 is 0.939 bits per heavy atom. The highest BCUT2D eigenvalue weighted by molar-refractivity contribution is 6.09. The van der Waals surface area contributed by atoms with Gasteiger partial charge < -0.3 is 18.9 Å². The molecule has 8 rings (SSSR count). The molecule has 0 aliphatic carbocycles. The molecule has 0 amide bonds. The van der Waals surface area contributed by atoms with Crippen molar-refractivity contribution in [1.29, 1.82) is 0 Å². The van der Waals surface area contributed by atoms with Crippen molar-refractivity contribution in [1.82, 2.24) is 24.5 Å². The number of nitrogens with zero attached hydrogens (tertiary/aromatic N) is 5. The van der Waals surface area contributed by atoms with Crippen molar-refractivity contribution < 1.29 is 23.1 Å². The van der Waals surface area contributed by atoms with Crippen LogP contribution in [0.1, 0.15) is 15.2 Å². The normalized spacial score (nSPS) is 12.2. The molecule has 0 N–H and O–H groups in total. The molecule has 0 fully saturated rings. The predicted octanol–water partition coefficient (Wildman–Crippen LogP) is 10.1. The highest BCUT2D eigenvalue weighted by Gasteiger charge is 2.17. The maximum Gasteiger partial charge on any atom is 0.234 e. The molecule has 4 heterocycles. The minimum absolute atomic E-state index is 0.0115. The molecule has 9 nitrogen and oxygen atoms in total. The molecule has 0 unspecified atom stereocenters. The lowest BCUT2D eigenvalue weighted by molar-refractivity contribution is 0.446. The zero-order valence-electron chi connectivity index (χ0n) is 29.1. The van der Waals surface area contributed by atoms with Gasteiger partial charge in [0.25, 0.3) is 0 Å². The van der Waals surface area contributed by atoms with Gasteiger partial charge in [-0.2, -0.15) is 0 Å². The van der Waals surface area contributed by atoms with E-state index in [1.807, 2.05) is 84.3 Å². The molecule has 0 aliphatic heterocycles. The van der Waals surface area contributed by atoms with Gasteiger partial charge in [0, 0.05) is 75.1 Å². The van der Waals surface area contributed by atoms with Gasteiger partial charge >= 0.3 is 0 Å². The van der Waals surface area contributed by atoms with Crippen LogP contribution in [0.25, 0.3) is 27.8 Å². The quantitative estimate of drug-likeness (QED) is 0.153. The number of aromatic nitrogens is 5. The van der Waals surface area contributed by atoms with Gasteiger partial charge in [-0.1, -0.05) is 24.3 Å². The molecule has 238 valence electrons. The number of aryl methyl sites for hydroxylation is 2. The van der Waals surface area contributed by atoms with Crippen LogP contribution in [0.3, 0.4) is 0 Å². The number of ether oxygens (including phenoxy) is 4. The molecule has 0 bridgehead atoms. The maximum absolute atomic E-state index is 7.83.